The van der Waals surface area contributed by atoms with Gasteiger partial charge < -0.3 is 4.57 Å². The zero-order valence-electron chi connectivity index (χ0n) is 19.5. The number of hydrogen-bond donors (Lipinski definition) is 2. The number of imidazole rings is 1. The highest BCUT2D eigenvalue weighted by molar-refractivity contribution is 6.05. The summed E-state index contributed by atoms with van der Waals surface area (Å²) in [6.45, 7) is 7.07. The van der Waals surface area contributed by atoms with Crippen molar-refractivity contribution in [3.63, 3.8) is 0 Å². The summed E-state index contributed by atoms with van der Waals surface area (Å²) in [6, 6.07) is 7.33. The van der Waals surface area contributed by atoms with E-state index < -0.39 is 29.5 Å². The molecule has 2 amide bonds. The summed E-state index contributed by atoms with van der Waals surface area (Å²) >= 11 is 0. The van der Waals surface area contributed by atoms with E-state index >= 15 is 0 Å². The van der Waals surface area contributed by atoms with Gasteiger partial charge in [-0.25, -0.2) is 18.4 Å². The molecule has 1 atom stereocenters. The minimum atomic E-state index is -1.06. The van der Waals surface area contributed by atoms with Crippen LogP contribution in [0.1, 0.15) is 50.3 Å². The van der Waals surface area contributed by atoms with Gasteiger partial charge >= 0.3 is 0 Å². The molecule has 0 aliphatic heterocycles. The second-order valence-corrected chi connectivity index (χ2v) is 8.78. The molecule has 0 spiro atoms. The van der Waals surface area contributed by atoms with Crippen molar-refractivity contribution in [2.24, 2.45) is 5.92 Å². The van der Waals surface area contributed by atoms with Gasteiger partial charge in [-0.05, 0) is 25.8 Å². The summed E-state index contributed by atoms with van der Waals surface area (Å²) in [7, 11) is 0. The number of nitrogens with zero attached hydrogens (tertiary/aromatic N) is 4. The molecule has 2 aromatic heterocycles. The largest absolute Gasteiger partial charge is 0.317 e. The molecule has 182 valence electrons. The van der Waals surface area contributed by atoms with Gasteiger partial charge in [0.15, 0.2) is 17.3 Å². The van der Waals surface area contributed by atoms with Gasteiger partial charge in [-0.3, -0.25) is 25.2 Å². The average Bonchev–Trinajstić information content (AvgIpc) is 3.19. The second-order valence-electron chi connectivity index (χ2n) is 8.78. The Balaban J connectivity index is 1.63. The van der Waals surface area contributed by atoms with E-state index in [-0.39, 0.29) is 34.2 Å². The summed E-state index contributed by atoms with van der Waals surface area (Å²) in [6.07, 6.45) is 1.32. The smallest absolute Gasteiger partial charge is 0.290 e. The topological polar surface area (TPSA) is 111 Å². The first-order valence-electron chi connectivity index (χ1n) is 11.0. The van der Waals surface area contributed by atoms with Crippen LogP contribution in [0.15, 0.2) is 47.5 Å². The Kier molecular flexibility index (Phi) is 6.33. The lowest BCUT2D eigenvalue weighted by Gasteiger charge is -2.22. The standard InChI is InChI=1S/C24H24F2N6O3/c1-12(2)21(31-11-27-18-9-16(25)17(26)10-19(18)31)23(34)29-28-22(33)20-14-7-5-6-8-15(14)24(35)32(30-20)13(3)4/h5-13,21H,1-4H3,(H,28,33)(H,29,34). The number of halogens is 2. The van der Waals surface area contributed by atoms with E-state index in [2.05, 4.69) is 20.9 Å². The van der Waals surface area contributed by atoms with Crippen molar-refractivity contribution < 1.29 is 18.4 Å². The van der Waals surface area contributed by atoms with Crippen molar-refractivity contribution >= 4 is 33.6 Å². The zero-order chi connectivity index (χ0) is 25.4. The molecule has 1 unspecified atom stereocenters. The maximum absolute atomic E-state index is 13.9. The molecule has 2 N–H and O–H groups in total. The Hall–Kier alpha value is -4.15. The first-order chi connectivity index (χ1) is 16.6. The molecule has 4 aromatic rings. The average molecular weight is 482 g/mol. The highest BCUT2D eigenvalue weighted by Crippen LogP contribution is 2.25. The van der Waals surface area contributed by atoms with Gasteiger partial charge in [-0.1, -0.05) is 32.0 Å². The van der Waals surface area contributed by atoms with Gasteiger partial charge in [-0.15, -0.1) is 0 Å². The van der Waals surface area contributed by atoms with Crippen LogP contribution in [0.25, 0.3) is 21.8 Å². The Morgan fingerprint density at radius 2 is 1.63 bits per heavy atom. The molecule has 0 bridgehead atoms. The van der Waals surface area contributed by atoms with E-state index in [1.165, 1.54) is 15.6 Å². The number of nitrogens with one attached hydrogen (secondary N) is 2. The van der Waals surface area contributed by atoms with E-state index in [0.29, 0.717) is 10.8 Å². The van der Waals surface area contributed by atoms with Crippen molar-refractivity contribution in [3.8, 4) is 0 Å². The first-order valence-corrected chi connectivity index (χ1v) is 11.0. The maximum atomic E-state index is 13.9. The Morgan fingerprint density at radius 1 is 0.971 bits per heavy atom. The number of aromatic nitrogens is 4. The van der Waals surface area contributed by atoms with E-state index in [9.17, 15) is 23.2 Å². The summed E-state index contributed by atoms with van der Waals surface area (Å²) in [4.78, 5) is 42.9. The zero-order valence-corrected chi connectivity index (χ0v) is 19.5. The van der Waals surface area contributed by atoms with Crippen molar-refractivity contribution in [3.05, 3.63) is 70.4 Å². The Bertz CT molecular complexity index is 1510. The number of carbonyl (C=O) groups excluding carboxylic acids is 2. The molecule has 0 fully saturated rings. The highest BCUT2D eigenvalue weighted by Gasteiger charge is 2.27. The molecule has 4 rings (SSSR count). The molecule has 2 heterocycles. The predicted molar refractivity (Wildman–Crippen MR) is 126 cm³/mol. The highest BCUT2D eigenvalue weighted by atomic mass is 19.2. The van der Waals surface area contributed by atoms with Crippen LogP contribution in [-0.4, -0.2) is 31.1 Å². The van der Waals surface area contributed by atoms with Crippen LogP contribution in [-0.2, 0) is 4.79 Å². The minimum Gasteiger partial charge on any atom is -0.317 e. The van der Waals surface area contributed by atoms with Gasteiger partial charge in [0.2, 0.25) is 0 Å². The van der Waals surface area contributed by atoms with E-state index in [4.69, 9.17) is 0 Å². The number of rotatable bonds is 5. The number of hydrogen-bond acceptors (Lipinski definition) is 5. The van der Waals surface area contributed by atoms with Gasteiger partial charge in [0.05, 0.1) is 28.8 Å². The van der Waals surface area contributed by atoms with Gasteiger partial charge in [0.1, 0.15) is 6.04 Å². The molecule has 2 aromatic carbocycles. The van der Waals surface area contributed by atoms with Gasteiger partial charge in [0.25, 0.3) is 17.4 Å². The van der Waals surface area contributed by atoms with Crippen LogP contribution in [0.5, 0.6) is 0 Å². The van der Waals surface area contributed by atoms with Crippen LogP contribution in [0, 0.1) is 17.6 Å². The lowest BCUT2D eigenvalue weighted by molar-refractivity contribution is -0.126. The summed E-state index contributed by atoms with van der Waals surface area (Å²) in [5.41, 5.74) is 4.82. The normalized spacial score (nSPS) is 12.5. The third-order valence-electron chi connectivity index (χ3n) is 5.65. The Morgan fingerprint density at radius 3 is 2.29 bits per heavy atom. The third kappa shape index (κ3) is 4.36. The van der Waals surface area contributed by atoms with Gasteiger partial charge in [-0.2, -0.15) is 5.10 Å². The monoisotopic (exact) mass is 482 g/mol. The predicted octanol–water partition coefficient (Wildman–Crippen LogP) is 3.26. The number of benzene rings is 2. The quantitative estimate of drug-likeness (QED) is 0.424. The fourth-order valence-electron chi connectivity index (χ4n) is 3.97. The van der Waals surface area contributed by atoms with E-state index in [1.807, 2.05) is 0 Å². The molecule has 35 heavy (non-hydrogen) atoms. The summed E-state index contributed by atoms with van der Waals surface area (Å²) in [5, 5.41) is 4.89. The van der Waals surface area contributed by atoms with E-state index in [0.717, 1.165) is 12.1 Å². The first kappa shape index (κ1) is 24.0. The van der Waals surface area contributed by atoms with Crippen LogP contribution in [0.3, 0.4) is 0 Å². The fourth-order valence-corrected chi connectivity index (χ4v) is 3.97. The lowest BCUT2D eigenvalue weighted by atomic mass is 10.0. The van der Waals surface area contributed by atoms with Crippen LogP contribution in [0.4, 0.5) is 8.78 Å². The second kappa shape index (κ2) is 9.24. The molecule has 0 aliphatic rings. The SMILES string of the molecule is CC(C)C(C(=O)NNC(=O)c1nn(C(C)C)c(=O)c2ccccc12)n1cnc2cc(F)c(F)cc21. The minimum absolute atomic E-state index is 0.0269. The van der Waals surface area contributed by atoms with Crippen molar-refractivity contribution in [2.45, 2.75) is 39.8 Å². The Labute approximate surface area is 198 Å². The summed E-state index contributed by atoms with van der Waals surface area (Å²) in [5.74, 6) is -3.70. The van der Waals surface area contributed by atoms with Crippen molar-refractivity contribution in [2.75, 3.05) is 0 Å². The molecule has 0 saturated heterocycles. The molecule has 0 radical (unpaired) electrons. The lowest BCUT2D eigenvalue weighted by Crippen LogP contribution is -2.46. The number of amides is 2. The van der Waals surface area contributed by atoms with Crippen LogP contribution < -0.4 is 16.4 Å². The number of fused-ring (bicyclic) bond motifs is 2. The molecular formula is C24H24F2N6O3. The van der Waals surface area contributed by atoms with Crippen LogP contribution in [0.2, 0.25) is 0 Å². The molecule has 0 aliphatic carbocycles. The fraction of sp³-hybridized carbons (Fsp3) is 0.292. The van der Waals surface area contributed by atoms with E-state index in [1.54, 1.807) is 52.0 Å². The van der Waals surface area contributed by atoms with Gasteiger partial charge in [0, 0.05) is 17.5 Å². The van der Waals surface area contributed by atoms with Crippen molar-refractivity contribution in [1.29, 1.82) is 0 Å². The number of hydrazine groups is 1. The summed E-state index contributed by atoms with van der Waals surface area (Å²) < 4.78 is 30.1. The maximum Gasteiger partial charge on any atom is 0.290 e. The molecule has 9 nitrogen and oxygen atoms in total. The number of carbonyl (C=O) groups is 2. The molecule has 11 heteroatoms. The van der Waals surface area contributed by atoms with Crippen molar-refractivity contribution in [1.82, 2.24) is 30.2 Å². The molecular weight excluding hydrogens is 458 g/mol. The van der Waals surface area contributed by atoms with Crippen LogP contribution >= 0.6 is 0 Å². The third-order valence-corrected chi connectivity index (χ3v) is 5.65. The molecule has 0 saturated carbocycles.